The molecule has 4 heteroatoms. The Bertz CT molecular complexity index is 659. The lowest BCUT2D eigenvalue weighted by Crippen LogP contribution is -2.23. The van der Waals surface area contributed by atoms with Crippen molar-refractivity contribution in [3.63, 3.8) is 0 Å². The van der Waals surface area contributed by atoms with Crippen molar-refractivity contribution in [2.75, 3.05) is 13.2 Å². The third-order valence-corrected chi connectivity index (χ3v) is 3.96. The van der Waals surface area contributed by atoms with E-state index in [1.54, 1.807) is 12.1 Å². The van der Waals surface area contributed by atoms with Crippen molar-refractivity contribution in [2.45, 2.75) is 19.4 Å². The van der Waals surface area contributed by atoms with Crippen LogP contribution in [-0.2, 0) is 6.42 Å². The molecule has 2 nitrogen and oxygen atoms in total. The summed E-state index contributed by atoms with van der Waals surface area (Å²) in [6.45, 7) is 3.46. The average molecular weight is 306 g/mol. The van der Waals surface area contributed by atoms with Gasteiger partial charge in [-0.3, -0.25) is 0 Å². The quantitative estimate of drug-likeness (QED) is 0.917. The molecule has 0 saturated heterocycles. The van der Waals surface area contributed by atoms with Crippen LogP contribution >= 0.6 is 11.6 Å². The van der Waals surface area contributed by atoms with Crippen molar-refractivity contribution in [1.82, 2.24) is 5.32 Å². The van der Waals surface area contributed by atoms with Crippen molar-refractivity contribution in [3.8, 4) is 5.75 Å². The van der Waals surface area contributed by atoms with Gasteiger partial charge in [-0.15, -0.1) is 0 Å². The summed E-state index contributed by atoms with van der Waals surface area (Å²) in [4.78, 5) is 0. The summed E-state index contributed by atoms with van der Waals surface area (Å²) in [7, 11) is 0. The second-order valence-electron chi connectivity index (χ2n) is 5.12. The molecule has 0 aromatic heterocycles. The van der Waals surface area contributed by atoms with Gasteiger partial charge in [0, 0.05) is 17.0 Å². The van der Waals surface area contributed by atoms with Gasteiger partial charge in [0.05, 0.1) is 12.6 Å². The standard InChI is InChI=1S/C17H17ClFNO/c1-2-20-17(14-10-13(18)4-5-15(14)19)12-3-6-16-11(9-12)7-8-21-16/h3-6,9-10,17,20H,2,7-8H2,1H3. The summed E-state index contributed by atoms with van der Waals surface area (Å²) < 4.78 is 19.7. The molecule has 0 aliphatic carbocycles. The number of benzene rings is 2. The van der Waals surface area contributed by atoms with Crippen LogP contribution < -0.4 is 10.1 Å². The lowest BCUT2D eigenvalue weighted by Gasteiger charge is -2.20. The minimum atomic E-state index is -0.248. The summed E-state index contributed by atoms with van der Waals surface area (Å²) in [6, 6.07) is 10.5. The third-order valence-electron chi connectivity index (χ3n) is 3.72. The molecule has 0 spiro atoms. The van der Waals surface area contributed by atoms with Crippen LogP contribution in [0.25, 0.3) is 0 Å². The molecule has 0 saturated carbocycles. The molecule has 2 aromatic carbocycles. The van der Waals surface area contributed by atoms with Gasteiger partial charge in [-0.2, -0.15) is 0 Å². The number of rotatable bonds is 4. The molecule has 0 radical (unpaired) electrons. The maximum Gasteiger partial charge on any atom is 0.128 e. The van der Waals surface area contributed by atoms with Gasteiger partial charge in [0.2, 0.25) is 0 Å². The summed E-state index contributed by atoms with van der Waals surface area (Å²) >= 11 is 6.03. The van der Waals surface area contributed by atoms with Crippen LogP contribution in [0.1, 0.15) is 29.7 Å². The van der Waals surface area contributed by atoms with Crippen LogP contribution in [-0.4, -0.2) is 13.2 Å². The van der Waals surface area contributed by atoms with Gasteiger partial charge in [0.15, 0.2) is 0 Å². The van der Waals surface area contributed by atoms with Crippen molar-refractivity contribution in [3.05, 3.63) is 63.9 Å². The minimum Gasteiger partial charge on any atom is -0.493 e. The SMILES string of the molecule is CCNC(c1ccc2c(c1)CCO2)c1cc(Cl)ccc1F. The van der Waals surface area contributed by atoms with Gasteiger partial charge in [0.1, 0.15) is 11.6 Å². The highest BCUT2D eigenvalue weighted by atomic mass is 35.5. The zero-order chi connectivity index (χ0) is 14.8. The van der Waals surface area contributed by atoms with Crippen molar-refractivity contribution >= 4 is 11.6 Å². The van der Waals surface area contributed by atoms with Gasteiger partial charge in [0.25, 0.3) is 0 Å². The monoisotopic (exact) mass is 305 g/mol. The van der Waals surface area contributed by atoms with Crippen molar-refractivity contribution < 1.29 is 9.13 Å². The molecule has 0 bridgehead atoms. The second-order valence-corrected chi connectivity index (χ2v) is 5.56. The summed E-state index contributed by atoms with van der Waals surface area (Å²) in [6.07, 6.45) is 0.903. The molecule has 1 aliphatic rings. The van der Waals surface area contributed by atoms with E-state index >= 15 is 0 Å². The molecule has 1 unspecified atom stereocenters. The van der Waals surface area contributed by atoms with Crippen molar-refractivity contribution in [1.29, 1.82) is 0 Å². The largest absolute Gasteiger partial charge is 0.493 e. The number of hydrogen-bond acceptors (Lipinski definition) is 2. The van der Waals surface area contributed by atoms with Gasteiger partial charge in [-0.05, 0) is 41.9 Å². The predicted octanol–water partition coefficient (Wildman–Crippen LogP) is 4.11. The Morgan fingerprint density at radius 3 is 2.95 bits per heavy atom. The number of ether oxygens (including phenoxy) is 1. The smallest absolute Gasteiger partial charge is 0.128 e. The summed E-state index contributed by atoms with van der Waals surface area (Å²) in [5.74, 6) is 0.683. The average Bonchev–Trinajstić information content (AvgIpc) is 2.95. The molecule has 3 rings (SSSR count). The number of nitrogens with one attached hydrogen (secondary N) is 1. The van der Waals surface area contributed by atoms with Crippen LogP contribution in [0.2, 0.25) is 5.02 Å². The van der Waals surface area contributed by atoms with Gasteiger partial charge in [-0.25, -0.2) is 4.39 Å². The fourth-order valence-electron chi connectivity index (χ4n) is 2.73. The fourth-order valence-corrected chi connectivity index (χ4v) is 2.91. The van der Waals surface area contributed by atoms with E-state index in [0.717, 1.165) is 30.9 Å². The molecular weight excluding hydrogens is 289 g/mol. The second kappa shape index (κ2) is 6.04. The maximum atomic E-state index is 14.2. The van der Waals surface area contributed by atoms with Gasteiger partial charge in [-0.1, -0.05) is 30.7 Å². The van der Waals surface area contributed by atoms with Crippen LogP contribution in [0.5, 0.6) is 5.75 Å². The van der Waals surface area contributed by atoms with E-state index in [4.69, 9.17) is 16.3 Å². The number of fused-ring (bicyclic) bond motifs is 1. The van der Waals surface area contributed by atoms with E-state index in [1.165, 1.54) is 11.6 Å². The van der Waals surface area contributed by atoms with E-state index in [2.05, 4.69) is 11.4 Å². The molecule has 110 valence electrons. The molecular formula is C17H17ClFNO. The summed E-state index contributed by atoms with van der Waals surface area (Å²) in [5.41, 5.74) is 2.78. The van der Waals surface area contributed by atoms with Crippen LogP contribution in [0.3, 0.4) is 0 Å². The van der Waals surface area contributed by atoms with E-state index in [-0.39, 0.29) is 11.9 Å². The normalized spacial score (nSPS) is 14.6. The van der Waals surface area contributed by atoms with E-state index in [1.807, 2.05) is 19.1 Å². The summed E-state index contributed by atoms with van der Waals surface area (Å²) in [5, 5.41) is 3.88. The highest BCUT2D eigenvalue weighted by Gasteiger charge is 2.20. The fraction of sp³-hybridized carbons (Fsp3) is 0.294. The lowest BCUT2D eigenvalue weighted by atomic mass is 9.96. The van der Waals surface area contributed by atoms with E-state index in [9.17, 15) is 4.39 Å². The van der Waals surface area contributed by atoms with E-state index < -0.39 is 0 Å². The molecule has 0 amide bonds. The third kappa shape index (κ3) is 2.89. The van der Waals surface area contributed by atoms with Crippen LogP contribution in [0.4, 0.5) is 4.39 Å². The zero-order valence-electron chi connectivity index (χ0n) is 11.8. The highest BCUT2D eigenvalue weighted by Crippen LogP contribution is 2.32. The predicted molar refractivity (Wildman–Crippen MR) is 82.6 cm³/mol. The Kier molecular flexibility index (Phi) is 4.13. The Labute approximate surface area is 128 Å². The molecule has 1 N–H and O–H groups in total. The topological polar surface area (TPSA) is 21.3 Å². The molecule has 1 atom stereocenters. The molecule has 1 heterocycles. The lowest BCUT2D eigenvalue weighted by molar-refractivity contribution is 0.357. The first-order chi connectivity index (χ1) is 10.2. The highest BCUT2D eigenvalue weighted by molar-refractivity contribution is 6.30. The molecule has 2 aromatic rings. The first-order valence-corrected chi connectivity index (χ1v) is 7.51. The maximum absolute atomic E-state index is 14.2. The minimum absolute atomic E-state index is 0.209. The first-order valence-electron chi connectivity index (χ1n) is 7.13. The Morgan fingerprint density at radius 2 is 2.14 bits per heavy atom. The Hall–Kier alpha value is -1.58. The van der Waals surface area contributed by atoms with Crippen LogP contribution in [0.15, 0.2) is 36.4 Å². The number of hydrogen-bond donors (Lipinski definition) is 1. The number of halogens is 2. The first kappa shape index (κ1) is 14.4. The van der Waals surface area contributed by atoms with E-state index in [0.29, 0.717) is 10.6 Å². The zero-order valence-corrected chi connectivity index (χ0v) is 12.6. The molecule has 0 fully saturated rings. The Morgan fingerprint density at radius 1 is 1.29 bits per heavy atom. The molecule has 1 aliphatic heterocycles. The van der Waals surface area contributed by atoms with Crippen molar-refractivity contribution in [2.24, 2.45) is 0 Å². The Balaban J connectivity index is 2.03. The van der Waals surface area contributed by atoms with Crippen LogP contribution in [0, 0.1) is 5.82 Å². The molecule has 21 heavy (non-hydrogen) atoms. The van der Waals surface area contributed by atoms with Gasteiger partial charge < -0.3 is 10.1 Å². The van der Waals surface area contributed by atoms with Gasteiger partial charge >= 0.3 is 0 Å².